The molecular weight excluding hydrogens is 334 g/mol. The number of thiocarbonyl (C=S) groups is 1. The van der Waals surface area contributed by atoms with Crippen LogP contribution >= 0.6 is 23.6 Å². The average Bonchev–Trinajstić information content (AvgIpc) is 3.19. The van der Waals surface area contributed by atoms with Crippen LogP contribution in [0.5, 0.6) is 0 Å². The quantitative estimate of drug-likeness (QED) is 0.802. The number of thiophene rings is 1. The number of nitrogens with one attached hydrogen (secondary N) is 1. The SMILES string of the molecule is Cc1ccsc1[C@@H]1[C@H](c2ccccn2)NC(=S)N1C1CCCCC1. The maximum Gasteiger partial charge on any atom is 0.170 e. The average molecular weight is 358 g/mol. The van der Waals surface area contributed by atoms with Gasteiger partial charge in [-0.1, -0.05) is 25.3 Å². The lowest BCUT2D eigenvalue weighted by molar-refractivity contribution is 0.199. The van der Waals surface area contributed by atoms with Crippen molar-refractivity contribution in [2.45, 2.75) is 57.2 Å². The first-order chi connectivity index (χ1) is 11.8. The largest absolute Gasteiger partial charge is 0.352 e. The molecule has 2 aliphatic rings. The van der Waals surface area contributed by atoms with Gasteiger partial charge >= 0.3 is 0 Å². The summed E-state index contributed by atoms with van der Waals surface area (Å²) >= 11 is 7.63. The van der Waals surface area contributed by atoms with E-state index in [-0.39, 0.29) is 12.1 Å². The third-order valence-corrected chi connectivity index (χ3v) is 6.69. The highest BCUT2D eigenvalue weighted by atomic mass is 32.1. The Labute approximate surface area is 153 Å². The van der Waals surface area contributed by atoms with Crippen LogP contribution in [-0.2, 0) is 0 Å². The monoisotopic (exact) mass is 357 g/mol. The van der Waals surface area contributed by atoms with Gasteiger partial charge in [0.15, 0.2) is 5.11 Å². The second-order valence-electron chi connectivity index (χ2n) is 6.79. The second-order valence-corrected chi connectivity index (χ2v) is 8.13. The van der Waals surface area contributed by atoms with E-state index in [4.69, 9.17) is 12.2 Å². The molecule has 1 N–H and O–H groups in total. The first kappa shape index (κ1) is 16.0. The van der Waals surface area contributed by atoms with Crippen LogP contribution in [-0.4, -0.2) is 21.0 Å². The minimum Gasteiger partial charge on any atom is -0.352 e. The number of aromatic nitrogens is 1. The second kappa shape index (κ2) is 6.81. The Hall–Kier alpha value is -1.46. The summed E-state index contributed by atoms with van der Waals surface area (Å²) in [6.45, 7) is 2.21. The Balaban J connectivity index is 1.75. The van der Waals surface area contributed by atoms with Crippen LogP contribution in [0, 0.1) is 6.92 Å². The van der Waals surface area contributed by atoms with E-state index < -0.39 is 0 Å². The summed E-state index contributed by atoms with van der Waals surface area (Å²) in [6, 6.07) is 9.32. The topological polar surface area (TPSA) is 28.2 Å². The van der Waals surface area contributed by atoms with Gasteiger partial charge in [-0.15, -0.1) is 11.3 Å². The lowest BCUT2D eigenvalue weighted by atomic mass is 9.92. The molecule has 3 nitrogen and oxygen atoms in total. The van der Waals surface area contributed by atoms with Crippen molar-refractivity contribution in [2.75, 3.05) is 0 Å². The van der Waals surface area contributed by atoms with Crippen molar-refractivity contribution < 1.29 is 0 Å². The van der Waals surface area contributed by atoms with Crippen LogP contribution in [0.3, 0.4) is 0 Å². The van der Waals surface area contributed by atoms with Gasteiger partial charge in [0.1, 0.15) is 0 Å². The molecule has 0 unspecified atom stereocenters. The number of hydrogen-bond acceptors (Lipinski definition) is 3. The molecule has 1 saturated heterocycles. The summed E-state index contributed by atoms with van der Waals surface area (Å²) in [5.41, 5.74) is 2.44. The molecule has 0 bridgehead atoms. The van der Waals surface area contributed by atoms with E-state index in [9.17, 15) is 0 Å². The maximum atomic E-state index is 5.78. The molecule has 1 aliphatic heterocycles. The Morgan fingerprint density at radius 2 is 2.04 bits per heavy atom. The van der Waals surface area contributed by atoms with Crippen LogP contribution in [0.1, 0.15) is 60.3 Å². The Morgan fingerprint density at radius 3 is 2.71 bits per heavy atom. The molecule has 0 radical (unpaired) electrons. The summed E-state index contributed by atoms with van der Waals surface area (Å²) in [5.74, 6) is 0. The van der Waals surface area contributed by atoms with E-state index in [2.05, 4.69) is 45.7 Å². The van der Waals surface area contributed by atoms with E-state index >= 15 is 0 Å². The minimum absolute atomic E-state index is 0.137. The predicted molar refractivity (Wildman–Crippen MR) is 103 cm³/mol. The molecule has 0 spiro atoms. The Kier molecular flexibility index (Phi) is 4.55. The fraction of sp³-hybridized carbons (Fsp3) is 0.474. The standard InChI is InChI=1S/C19H23N3S2/c1-13-10-12-24-18(13)17-16(15-9-5-6-11-20-15)21-19(23)22(17)14-7-3-2-4-8-14/h5-6,9-12,14,16-17H,2-4,7-8H2,1H3,(H,21,23)/t16-,17-/m0/s1. The fourth-order valence-electron chi connectivity index (χ4n) is 4.09. The van der Waals surface area contributed by atoms with Gasteiger partial charge in [0, 0.05) is 17.1 Å². The van der Waals surface area contributed by atoms with E-state index in [0.29, 0.717) is 6.04 Å². The van der Waals surface area contributed by atoms with Crippen LogP contribution in [0.4, 0.5) is 0 Å². The number of rotatable bonds is 3. The first-order valence-electron chi connectivity index (χ1n) is 8.79. The van der Waals surface area contributed by atoms with Crippen molar-refractivity contribution in [3.05, 3.63) is 52.0 Å². The van der Waals surface area contributed by atoms with Crippen molar-refractivity contribution in [3.63, 3.8) is 0 Å². The van der Waals surface area contributed by atoms with Gasteiger partial charge in [0.2, 0.25) is 0 Å². The summed E-state index contributed by atoms with van der Waals surface area (Å²) in [4.78, 5) is 8.53. The molecule has 5 heteroatoms. The molecule has 1 aliphatic carbocycles. The molecule has 24 heavy (non-hydrogen) atoms. The van der Waals surface area contributed by atoms with E-state index in [1.54, 1.807) is 0 Å². The van der Waals surface area contributed by atoms with Gasteiger partial charge in [-0.2, -0.15) is 0 Å². The molecular formula is C19H23N3S2. The third kappa shape index (κ3) is 2.84. The molecule has 1 saturated carbocycles. The van der Waals surface area contributed by atoms with Crippen LogP contribution < -0.4 is 5.32 Å². The zero-order valence-corrected chi connectivity index (χ0v) is 15.6. The third-order valence-electron chi connectivity index (χ3n) is 5.27. The van der Waals surface area contributed by atoms with Crippen molar-refractivity contribution in [1.29, 1.82) is 0 Å². The van der Waals surface area contributed by atoms with E-state index in [1.165, 1.54) is 42.5 Å². The first-order valence-corrected chi connectivity index (χ1v) is 10.1. The molecule has 2 atom stereocenters. The minimum atomic E-state index is 0.137. The van der Waals surface area contributed by atoms with Gasteiger partial charge in [0.25, 0.3) is 0 Å². The number of hydrogen-bond donors (Lipinski definition) is 1. The van der Waals surface area contributed by atoms with Crippen LogP contribution in [0.15, 0.2) is 35.8 Å². The molecule has 4 rings (SSSR count). The maximum absolute atomic E-state index is 5.78. The number of pyridine rings is 1. The van der Waals surface area contributed by atoms with Gasteiger partial charge in [-0.3, -0.25) is 4.98 Å². The molecule has 2 aromatic rings. The number of aryl methyl sites for hydroxylation is 1. The van der Waals surface area contributed by atoms with E-state index in [0.717, 1.165) is 10.8 Å². The van der Waals surface area contributed by atoms with Gasteiger partial charge < -0.3 is 10.2 Å². The highest BCUT2D eigenvalue weighted by molar-refractivity contribution is 7.80. The summed E-state index contributed by atoms with van der Waals surface area (Å²) in [6.07, 6.45) is 8.36. The predicted octanol–water partition coefficient (Wildman–Crippen LogP) is 4.76. The molecule has 2 aromatic heterocycles. The molecule has 0 amide bonds. The Bertz CT molecular complexity index is 706. The Morgan fingerprint density at radius 1 is 1.21 bits per heavy atom. The van der Waals surface area contributed by atoms with Gasteiger partial charge in [-0.05, 0) is 61.1 Å². The van der Waals surface area contributed by atoms with Crippen molar-refractivity contribution >= 4 is 28.7 Å². The molecule has 3 heterocycles. The normalized spacial score (nSPS) is 25.0. The summed E-state index contributed by atoms with van der Waals surface area (Å²) in [7, 11) is 0. The lowest BCUT2D eigenvalue weighted by Gasteiger charge is -2.37. The molecule has 126 valence electrons. The summed E-state index contributed by atoms with van der Waals surface area (Å²) in [5, 5.41) is 6.68. The zero-order valence-electron chi connectivity index (χ0n) is 13.9. The molecule has 2 fully saturated rings. The summed E-state index contributed by atoms with van der Waals surface area (Å²) < 4.78 is 0. The van der Waals surface area contributed by atoms with Crippen molar-refractivity contribution in [3.8, 4) is 0 Å². The fourth-order valence-corrected chi connectivity index (χ4v) is 5.54. The smallest absolute Gasteiger partial charge is 0.170 e. The zero-order chi connectivity index (χ0) is 16.5. The van der Waals surface area contributed by atoms with Crippen LogP contribution in [0.2, 0.25) is 0 Å². The molecule has 0 aromatic carbocycles. The van der Waals surface area contributed by atoms with Gasteiger partial charge in [-0.25, -0.2) is 0 Å². The number of nitrogens with zero attached hydrogens (tertiary/aromatic N) is 2. The van der Waals surface area contributed by atoms with Crippen molar-refractivity contribution in [1.82, 2.24) is 15.2 Å². The van der Waals surface area contributed by atoms with Crippen LogP contribution in [0.25, 0.3) is 0 Å². The van der Waals surface area contributed by atoms with Gasteiger partial charge in [0.05, 0.1) is 17.8 Å². The van der Waals surface area contributed by atoms with Crippen molar-refractivity contribution in [2.24, 2.45) is 0 Å². The highest BCUT2D eigenvalue weighted by Crippen LogP contribution is 2.44. The van der Waals surface area contributed by atoms with E-state index in [1.807, 2.05) is 23.6 Å². The highest BCUT2D eigenvalue weighted by Gasteiger charge is 2.44. The lowest BCUT2D eigenvalue weighted by Crippen LogP contribution is -2.40.